The van der Waals surface area contributed by atoms with E-state index in [1.54, 1.807) is 27.7 Å². The smallest absolute Gasteiger partial charge is 0.289 e. The van der Waals surface area contributed by atoms with Crippen molar-refractivity contribution in [2.24, 2.45) is 11.8 Å². The number of amides is 4. The largest absolute Gasteiger partial charge is 0.350 e. The Morgan fingerprint density at radius 2 is 0.930 bits per heavy atom. The molecule has 86 heavy (non-hydrogen) atoms. The minimum atomic E-state index is -3.32. The summed E-state index contributed by atoms with van der Waals surface area (Å²) in [5.74, 6) is -23.1. The molecule has 2 aliphatic carbocycles. The van der Waals surface area contributed by atoms with Crippen molar-refractivity contribution in [1.29, 1.82) is 0 Å². The van der Waals surface area contributed by atoms with Crippen LogP contribution < -0.4 is 21.3 Å². The average Bonchev–Trinajstić information content (AvgIpc) is 2.04. The van der Waals surface area contributed by atoms with Gasteiger partial charge in [-0.05, 0) is 77.3 Å². The molecule has 2 fully saturated rings. The Morgan fingerprint density at radius 1 is 0.593 bits per heavy atom. The van der Waals surface area contributed by atoms with Crippen LogP contribution in [0.4, 0.5) is 61.5 Å². The van der Waals surface area contributed by atoms with Gasteiger partial charge >= 0.3 is 0 Å². The van der Waals surface area contributed by atoms with Crippen molar-refractivity contribution in [2.45, 2.75) is 178 Å². The average molecular weight is 1240 g/mol. The second kappa shape index (κ2) is 26.7. The van der Waals surface area contributed by atoms with E-state index >= 15 is 8.78 Å². The number of aromatic nitrogens is 10. The molecule has 2 aliphatic rings. The van der Waals surface area contributed by atoms with Gasteiger partial charge in [0.1, 0.15) is 35.3 Å². The standard InChI is InChI=1S/2C27H32F7N7O2/c2*1-13(2)41-23(36-12-37-41)25(43)40-20(14-6-8-27(33,34)9-7-14)22-38-17-5-4-15(19(30)21(17)39-22)16(10-18(28)29)24(42)35-11-26(3,31)32/h2*4-5,12-14,16,18,20H,6-11H2,1-3H3,(H,35,42)(H,38,39)(H,40,43)/t16-,20+;16-,20-/m10/s1. The van der Waals surface area contributed by atoms with Crippen molar-refractivity contribution in [3.8, 4) is 0 Å². The number of hydrogen-bond acceptors (Lipinski definition) is 10. The molecule has 2 saturated carbocycles. The minimum Gasteiger partial charge on any atom is -0.350 e. The monoisotopic (exact) mass is 1240 g/mol. The molecule has 8 rings (SSSR count). The van der Waals surface area contributed by atoms with Gasteiger partial charge in [-0.3, -0.25) is 19.2 Å². The van der Waals surface area contributed by atoms with E-state index in [0.717, 1.165) is 12.1 Å². The van der Waals surface area contributed by atoms with Crippen molar-refractivity contribution in [3.05, 3.63) is 83.0 Å². The zero-order chi connectivity index (χ0) is 63.4. The summed E-state index contributed by atoms with van der Waals surface area (Å²) in [6.45, 7) is 5.92. The summed E-state index contributed by atoms with van der Waals surface area (Å²) in [7, 11) is 0. The molecule has 0 radical (unpaired) electrons. The summed E-state index contributed by atoms with van der Waals surface area (Å²) in [5.41, 5.74) is -1.51. The molecule has 472 valence electrons. The molecule has 0 bridgehead atoms. The van der Waals surface area contributed by atoms with Gasteiger partial charge in [0.05, 0.1) is 48.0 Å². The van der Waals surface area contributed by atoms with Gasteiger partial charge in [0.15, 0.2) is 11.6 Å². The summed E-state index contributed by atoms with van der Waals surface area (Å²) >= 11 is 0. The Balaban J connectivity index is 0.000000246. The van der Waals surface area contributed by atoms with Crippen molar-refractivity contribution < 1.29 is 80.6 Å². The van der Waals surface area contributed by atoms with E-state index in [4.69, 9.17) is 0 Å². The normalized spacial score (nSPS) is 17.4. The molecule has 6 aromatic rings. The number of imidazole rings is 2. The molecule has 0 unspecified atom stereocenters. The summed E-state index contributed by atoms with van der Waals surface area (Å²) in [6, 6.07) is 2.28. The second-order valence-corrected chi connectivity index (χ2v) is 22.4. The quantitative estimate of drug-likeness (QED) is 0.0352. The Labute approximate surface area is 482 Å². The number of carbonyl (C=O) groups excluding carboxylic acids is 4. The van der Waals surface area contributed by atoms with Crippen LogP contribution in [0.5, 0.6) is 0 Å². The van der Waals surface area contributed by atoms with Crippen LogP contribution >= 0.6 is 0 Å². The van der Waals surface area contributed by atoms with Crippen molar-refractivity contribution in [3.63, 3.8) is 0 Å². The van der Waals surface area contributed by atoms with Crippen molar-refractivity contribution in [1.82, 2.24) is 70.7 Å². The van der Waals surface area contributed by atoms with Gasteiger partial charge in [-0.1, -0.05) is 12.1 Å². The number of alkyl halides is 12. The molecule has 2 aromatic carbocycles. The van der Waals surface area contributed by atoms with Crippen LogP contribution in [0.25, 0.3) is 22.1 Å². The predicted molar refractivity (Wildman–Crippen MR) is 281 cm³/mol. The lowest BCUT2D eigenvalue weighted by atomic mass is 9.81. The topological polar surface area (TPSA) is 235 Å². The van der Waals surface area contributed by atoms with Crippen LogP contribution in [-0.4, -0.2) is 123 Å². The van der Waals surface area contributed by atoms with E-state index in [0.29, 0.717) is 13.8 Å². The fourth-order valence-electron chi connectivity index (χ4n) is 10.4. The van der Waals surface area contributed by atoms with Crippen LogP contribution in [0.3, 0.4) is 0 Å². The first-order valence-electron chi connectivity index (χ1n) is 27.5. The predicted octanol–water partition coefficient (Wildman–Crippen LogP) is 11.4. The highest BCUT2D eigenvalue weighted by atomic mass is 19.3. The Bertz CT molecular complexity index is 3100. The van der Waals surface area contributed by atoms with Crippen LogP contribution in [0.1, 0.15) is 186 Å². The van der Waals surface area contributed by atoms with Crippen molar-refractivity contribution >= 4 is 45.7 Å². The molecule has 18 nitrogen and oxygen atoms in total. The van der Waals surface area contributed by atoms with E-state index in [9.17, 15) is 71.9 Å². The summed E-state index contributed by atoms with van der Waals surface area (Å²) in [6.07, 6.45) is -7.70. The summed E-state index contributed by atoms with van der Waals surface area (Å²) < 4.78 is 197. The number of hydrogen-bond donors (Lipinski definition) is 6. The minimum absolute atomic E-state index is 0.0122. The SMILES string of the molecule is CC(C)n1ncnc1C(=O)N[C@H](c1nc2c(F)c([C@@H](CC(F)F)C(=O)NCC(C)(F)F)ccc2[nH]1)C1CCC(F)(F)CC1.CC(C)n1ncnc1C(=O)N[C@H](c1nc2c(F)c([C@H](CC(F)F)C(=O)NCC(C)(F)F)ccc2[nH]1)C1CCC(F)(F)CC1. The molecule has 0 spiro atoms. The molecule has 0 saturated heterocycles. The van der Waals surface area contributed by atoms with Crippen LogP contribution in [0.2, 0.25) is 0 Å². The number of aromatic amines is 2. The Morgan fingerprint density at radius 3 is 1.23 bits per heavy atom. The number of nitrogens with zero attached hydrogens (tertiary/aromatic N) is 8. The van der Waals surface area contributed by atoms with Gasteiger partial charge in [-0.2, -0.15) is 10.2 Å². The highest BCUT2D eigenvalue weighted by Crippen LogP contribution is 2.44. The molecular weight excluding hydrogens is 1170 g/mol. The molecule has 32 heteroatoms. The summed E-state index contributed by atoms with van der Waals surface area (Å²) in [5, 5.41) is 17.3. The number of fused-ring (bicyclic) bond motifs is 2. The Kier molecular flexibility index (Phi) is 20.5. The van der Waals surface area contributed by atoms with E-state index in [-0.39, 0.29) is 83.1 Å². The van der Waals surface area contributed by atoms with E-state index in [1.807, 2.05) is 10.6 Å². The second-order valence-electron chi connectivity index (χ2n) is 22.4. The number of rotatable bonds is 22. The van der Waals surface area contributed by atoms with Gasteiger partial charge in [0.25, 0.3) is 23.7 Å². The zero-order valence-corrected chi connectivity index (χ0v) is 47.2. The van der Waals surface area contributed by atoms with E-state index < -0.39 is 170 Å². The number of benzene rings is 2. The third-order valence-electron chi connectivity index (χ3n) is 14.8. The molecular formula is C54H64F14N14O4. The van der Waals surface area contributed by atoms with Gasteiger partial charge in [-0.15, -0.1) is 0 Å². The zero-order valence-electron chi connectivity index (χ0n) is 47.2. The number of halogens is 14. The third-order valence-corrected chi connectivity index (χ3v) is 14.8. The van der Waals surface area contributed by atoms with Gasteiger partial charge in [0.2, 0.25) is 48.2 Å². The first kappa shape index (κ1) is 66.1. The maximum absolute atomic E-state index is 15.8. The molecule has 4 aromatic heterocycles. The molecule has 6 N–H and O–H groups in total. The first-order chi connectivity index (χ1) is 40.1. The highest BCUT2D eigenvalue weighted by molar-refractivity contribution is 5.92. The fraction of sp³-hybridized carbons (Fsp3) is 0.593. The molecule has 4 atom stereocenters. The van der Waals surface area contributed by atoms with Crippen LogP contribution in [-0.2, 0) is 9.59 Å². The van der Waals surface area contributed by atoms with Crippen LogP contribution in [0.15, 0.2) is 36.9 Å². The van der Waals surface area contributed by atoms with Gasteiger partial charge < -0.3 is 31.2 Å². The van der Waals surface area contributed by atoms with Crippen molar-refractivity contribution in [2.75, 3.05) is 13.1 Å². The highest BCUT2D eigenvalue weighted by Gasteiger charge is 2.43. The third kappa shape index (κ3) is 16.5. The molecule has 4 amide bonds. The van der Waals surface area contributed by atoms with Crippen LogP contribution in [0, 0.1) is 23.5 Å². The number of carbonyl (C=O) groups is 4. The summed E-state index contributed by atoms with van der Waals surface area (Å²) in [4.78, 5) is 74.0. The van der Waals surface area contributed by atoms with Gasteiger partial charge in [-0.25, -0.2) is 90.8 Å². The fourth-order valence-corrected chi connectivity index (χ4v) is 10.4. The lowest BCUT2D eigenvalue weighted by Gasteiger charge is -2.33. The van der Waals surface area contributed by atoms with E-state index in [2.05, 4.69) is 50.7 Å². The number of H-pyrrole nitrogens is 2. The maximum Gasteiger partial charge on any atom is 0.289 e. The lowest BCUT2D eigenvalue weighted by molar-refractivity contribution is -0.125. The Hall–Kier alpha value is -7.44. The maximum atomic E-state index is 15.8. The molecule has 4 heterocycles. The number of nitrogens with one attached hydrogen (secondary N) is 6. The lowest BCUT2D eigenvalue weighted by Crippen LogP contribution is -2.38. The molecule has 0 aliphatic heterocycles. The van der Waals surface area contributed by atoms with E-state index in [1.165, 1.54) is 34.2 Å². The van der Waals surface area contributed by atoms with Gasteiger partial charge in [0, 0.05) is 75.6 Å². The first-order valence-corrected chi connectivity index (χ1v) is 27.5.